The largest absolute Gasteiger partial charge is 0.491 e. The summed E-state index contributed by atoms with van der Waals surface area (Å²) in [5.41, 5.74) is 0.174. The van der Waals surface area contributed by atoms with Crippen LogP contribution >= 0.6 is 0 Å². The molecule has 1 aliphatic heterocycles. The molecule has 3 aromatic carbocycles. The summed E-state index contributed by atoms with van der Waals surface area (Å²) in [5.74, 6) is -1.34. The third-order valence-corrected chi connectivity index (χ3v) is 7.30. The summed E-state index contributed by atoms with van der Waals surface area (Å²) in [6.07, 6.45) is -0.0393. The number of ether oxygens (including phenoxy) is 3. The van der Waals surface area contributed by atoms with Crippen molar-refractivity contribution >= 4 is 23.6 Å². The van der Waals surface area contributed by atoms with Gasteiger partial charge in [0.05, 0.1) is 24.6 Å². The van der Waals surface area contributed by atoms with Gasteiger partial charge in [-0.1, -0.05) is 44.2 Å². The topological polar surface area (TPSA) is 135 Å². The van der Waals surface area contributed by atoms with E-state index < -0.39 is 48.1 Å². The first-order chi connectivity index (χ1) is 22.5. The minimum absolute atomic E-state index is 0.0383. The van der Waals surface area contributed by atoms with Gasteiger partial charge in [0.2, 0.25) is 17.7 Å². The normalized spacial score (nSPS) is 18.2. The number of hydrogen-bond donors (Lipinski definition) is 3. The van der Waals surface area contributed by atoms with Gasteiger partial charge in [-0.3, -0.25) is 19.2 Å². The minimum atomic E-state index is -1.30. The van der Waals surface area contributed by atoms with Crippen molar-refractivity contribution < 1.29 is 37.8 Å². The molecule has 4 amide bonds. The molecule has 0 bridgehead atoms. The number of benzene rings is 3. The van der Waals surface area contributed by atoms with Crippen LogP contribution in [0.15, 0.2) is 72.8 Å². The van der Waals surface area contributed by atoms with E-state index in [0.29, 0.717) is 12.2 Å². The highest BCUT2D eigenvalue weighted by Gasteiger charge is 2.31. The van der Waals surface area contributed by atoms with Crippen molar-refractivity contribution in [2.24, 2.45) is 5.92 Å². The predicted octanol–water partition coefficient (Wildman–Crippen LogP) is 4.07. The van der Waals surface area contributed by atoms with Gasteiger partial charge in [-0.15, -0.1) is 0 Å². The number of likely N-dealkylation sites (N-methyl/N-ethyl adjacent to an activating group) is 1. The average Bonchev–Trinajstić information content (AvgIpc) is 3.03. The van der Waals surface area contributed by atoms with Crippen molar-refractivity contribution in [1.29, 1.82) is 0 Å². The molecule has 0 aliphatic carbocycles. The first kappa shape index (κ1) is 34.7. The lowest BCUT2D eigenvalue weighted by molar-refractivity contribution is -0.136. The van der Waals surface area contributed by atoms with Crippen LogP contribution in [-0.2, 0) is 14.4 Å². The number of rotatable bonds is 9. The van der Waals surface area contributed by atoms with Gasteiger partial charge in [-0.2, -0.15) is 0 Å². The van der Waals surface area contributed by atoms with Crippen LogP contribution in [0.3, 0.4) is 0 Å². The molecule has 3 N–H and O–H groups in total. The van der Waals surface area contributed by atoms with Crippen LogP contribution in [0, 0.1) is 11.7 Å². The molecule has 1 aliphatic rings. The molecule has 0 saturated heterocycles. The summed E-state index contributed by atoms with van der Waals surface area (Å²) in [5, 5.41) is 8.20. The third-order valence-electron chi connectivity index (χ3n) is 7.30. The molecule has 0 spiro atoms. The van der Waals surface area contributed by atoms with E-state index in [4.69, 9.17) is 14.2 Å². The van der Waals surface area contributed by atoms with Crippen LogP contribution in [0.1, 0.15) is 44.0 Å². The quantitative estimate of drug-likeness (QED) is 0.318. The molecule has 0 fully saturated rings. The van der Waals surface area contributed by atoms with E-state index in [-0.39, 0.29) is 54.4 Å². The van der Waals surface area contributed by atoms with Gasteiger partial charge < -0.3 is 35.1 Å². The summed E-state index contributed by atoms with van der Waals surface area (Å²) in [4.78, 5) is 54.9. The molecule has 0 saturated carbocycles. The molecule has 12 heteroatoms. The SMILES string of the molecule is CC(C)C[C@@H]1NC(=O)C[C@@H](C(=O)N[C@H](C)COc2ccc(F)cc2Oc2ccccc2)NC(=O)c2ccccc2OCCN(C)C1=O. The summed E-state index contributed by atoms with van der Waals surface area (Å²) < 4.78 is 31.6. The predicted molar refractivity (Wildman–Crippen MR) is 173 cm³/mol. The third kappa shape index (κ3) is 10.2. The Morgan fingerprint density at radius 2 is 1.72 bits per heavy atom. The summed E-state index contributed by atoms with van der Waals surface area (Å²) >= 11 is 0. The molecule has 0 unspecified atom stereocenters. The van der Waals surface area contributed by atoms with Crippen LogP contribution < -0.4 is 30.2 Å². The fourth-order valence-electron chi connectivity index (χ4n) is 4.92. The van der Waals surface area contributed by atoms with Crippen LogP contribution in [0.5, 0.6) is 23.0 Å². The Bertz CT molecular complexity index is 1550. The monoisotopic (exact) mass is 648 g/mol. The van der Waals surface area contributed by atoms with Crippen molar-refractivity contribution in [3.8, 4) is 23.0 Å². The molecule has 47 heavy (non-hydrogen) atoms. The van der Waals surface area contributed by atoms with E-state index in [1.54, 1.807) is 62.5 Å². The van der Waals surface area contributed by atoms with Crippen molar-refractivity contribution in [2.75, 3.05) is 26.8 Å². The zero-order chi connectivity index (χ0) is 33.9. The summed E-state index contributed by atoms with van der Waals surface area (Å²) in [7, 11) is 1.62. The lowest BCUT2D eigenvalue weighted by Gasteiger charge is -2.27. The number of amides is 4. The number of halogens is 1. The van der Waals surface area contributed by atoms with Gasteiger partial charge in [0, 0.05) is 13.1 Å². The number of para-hydroxylation sites is 2. The van der Waals surface area contributed by atoms with Gasteiger partial charge in [-0.05, 0) is 55.7 Å². The average molecular weight is 649 g/mol. The summed E-state index contributed by atoms with van der Waals surface area (Å²) in [6.45, 7) is 5.87. The number of hydrogen-bond acceptors (Lipinski definition) is 7. The maximum atomic E-state index is 14.0. The summed E-state index contributed by atoms with van der Waals surface area (Å²) in [6, 6.07) is 16.5. The molecular formula is C35H41FN4O7. The molecule has 0 aromatic heterocycles. The maximum absolute atomic E-state index is 14.0. The maximum Gasteiger partial charge on any atom is 0.255 e. The molecule has 4 rings (SSSR count). The van der Waals surface area contributed by atoms with Crippen molar-refractivity contribution in [2.45, 2.75) is 51.7 Å². The van der Waals surface area contributed by atoms with Gasteiger partial charge >= 0.3 is 0 Å². The first-order valence-electron chi connectivity index (χ1n) is 15.5. The van der Waals surface area contributed by atoms with E-state index in [9.17, 15) is 23.6 Å². The second-order valence-electron chi connectivity index (χ2n) is 11.8. The Hall–Kier alpha value is -5.13. The zero-order valence-electron chi connectivity index (χ0n) is 27.0. The molecular weight excluding hydrogens is 607 g/mol. The highest BCUT2D eigenvalue weighted by Crippen LogP contribution is 2.32. The van der Waals surface area contributed by atoms with Crippen LogP contribution in [0.2, 0.25) is 0 Å². The molecule has 250 valence electrons. The highest BCUT2D eigenvalue weighted by molar-refractivity contribution is 6.01. The number of nitrogens with one attached hydrogen (secondary N) is 3. The first-order valence-corrected chi connectivity index (χ1v) is 15.5. The standard InChI is InChI=1S/C35H41FN4O7/c1-22(2)18-28-35(44)40(4)16-17-45-29-13-9-8-12-26(29)33(42)39-27(20-32(41)38-28)34(43)37-23(3)21-46-30-15-14-24(36)19-31(30)47-25-10-6-5-7-11-25/h5-15,19,22-23,27-28H,16-18,20-21H2,1-4H3,(H,37,43)(H,38,41)(H,39,42)/t23-,27+,28+/m1/s1. The van der Waals surface area contributed by atoms with Crippen molar-refractivity contribution in [3.63, 3.8) is 0 Å². The Kier molecular flexibility index (Phi) is 12.1. The fourth-order valence-corrected chi connectivity index (χ4v) is 4.92. The zero-order valence-corrected chi connectivity index (χ0v) is 27.0. The highest BCUT2D eigenvalue weighted by atomic mass is 19.1. The Morgan fingerprint density at radius 3 is 2.47 bits per heavy atom. The van der Waals surface area contributed by atoms with E-state index in [2.05, 4.69) is 16.0 Å². The van der Waals surface area contributed by atoms with Crippen molar-refractivity contribution in [3.05, 3.63) is 84.2 Å². The van der Waals surface area contributed by atoms with Crippen LogP contribution in [-0.4, -0.2) is 73.5 Å². The Labute approximate surface area is 273 Å². The van der Waals surface area contributed by atoms with E-state index >= 15 is 0 Å². The lowest BCUT2D eigenvalue weighted by Crippen LogP contribution is -2.54. The Balaban J connectivity index is 1.50. The van der Waals surface area contributed by atoms with Gasteiger partial charge in [0.25, 0.3) is 5.91 Å². The van der Waals surface area contributed by atoms with Crippen molar-refractivity contribution in [1.82, 2.24) is 20.9 Å². The second kappa shape index (κ2) is 16.4. The molecule has 1 heterocycles. The number of fused-ring (bicyclic) bond motifs is 1. The van der Waals surface area contributed by atoms with Crippen LogP contribution in [0.4, 0.5) is 4.39 Å². The molecule has 3 atom stereocenters. The minimum Gasteiger partial charge on any atom is -0.491 e. The lowest BCUT2D eigenvalue weighted by atomic mass is 10.0. The van der Waals surface area contributed by atoms with Gasteiger partial charge in [-0.25, -0.2) is 4.39 Å². The van der Waals surface area contributed by atoms with E-state index in [0.717, 1.165) is 0 Å². The molecule has 0 radical (unpaired) electrons. The molecule has 3 aromatic rings. The number of carbonyl (C=O) groups excluding carboxylic acids is 4. The molecule has 11 nitrogen and oxygen atoms in total. The number of carbonyl (C=O) groups is 4. The fraction of sp³-hybridized carbons (Fsp3) is 0.371. The smallest absolute Gasteiger partial charge is 0.255 e. The second-order valence-corrected chi connectivity index (χ2v) is 11.8. The van der Waals surface area contributed by atoms with Gasteiger partial charge in [0.15, 0.2) is 11.5 Å². The van der Waals surface area contributed by atoms with E-state index in [1.165, 1.54) is 23.1 Å². The van der Waals surface area contributed by atoms with Crippen LogP contribution in [0.25, 0.3) is 0 Å². The van der Waals surface area contributed by atoms with E-state index in [1.807, 2.05) is 19.9 Å². The van der Waals surface area contributed by atoms with Gasteiger partial charge in [0.1, 0.15) is 42.6 Å². The Morgan fingerprint density at radius 1 is 1.00 bits per heavy atom. The number of nitrogens with zero attached hydrogens (tertiary/aromatic N) is 1.